The number of carbonyl (C=O) groups is 2. The SMILES string of the molecule is C#CCNC(=O)CC1CC(C(C)C)C(CNC(=O)c2ccccn2)C=C1C. The van der Waals surface area contributed by atoms with Crippen molar-refractivity contribution in [2.24, 2.45) is 23.7 Å². The predicted octanol–water partition coefficient (Wildman–Crippen LogP) is 2.81. The predicted molar refractivity (Wildman–Crippen MR) is 107 cm³/mol. The number of hydrogen-bond acceptors (Lipinski definition) is 3. The van der Waals surface area contributed by atoms with Crippen LogP contribution >= 0.6 is 0 Å². The summed E-state index contributed by atoms with van der Waals surface area (Å²) in [5.74, 6) is 3.61. The van der Waals surface area contributed by atoms with Crippen LogP contribution in [0.3, 0.4) is 0 Å². The van der Waals surface area contributed by atoms with E-state index in [2.05, 4.69) is 48.4 Å². The zero-order valence-electron chi connectivity index (χ0n) is 16.4. The lowest BCUT2D eigenvalue weighted by molar-refractivity contribution is -0.121. The fraction of sp³-hybridized carbons (Fsp3) is 0.500. The lowest BCUT2D eigenvalue weighted by Gasteiger charge is -2.37. The molecule has 0 spiro atoms. The number of nitrogens with zero attached hydrogens (tertiary/aromatic N) is 1. The van der Waals surface area contributed by atoms with Crippen LogP contribution in [-0.2, 0) is 4.79 Å². The van der Waals surface area contributed by atoms with Crippen molar-refractivity contribution in [2.45, 2.75) is 33.6 Å². The van der Waals surface area contributed by atoms with E-state index in [0.29, 0.717) is 30.5 Å². The lowest BCUT2D eigenvalue weighted by Crippen LogP contribution is -2.38. The normalized spacial score (nSPS) is 21.9. The molecule has 3 atom stereocenters. The molecule has 1 aliphatic carbocycles. The monoisotopic (exact) mass is 367 g/mol. The van der Waals surface area contributed by atoms with Crippen LogP contribution in [0.1, 0.15) is 44.1 Å². The number of terminal acetylenes is 1. The number of pyridine rings is 1. The summed E-state index contributed by atoms with van der Waals surface area (Å²) in [6.07, 6.45) is 10.4. The highest BCUT2D eigenvalue weighted by Gasteiger charge is 2.32. The van der Waals surface area contributed by atoms with Crippen molar-refractivity contribution < 1.29 is 9.59 Å². The van der Waals surface area contributed by atoms with E-state index in [0.717, 1.165) is 6.42 Å². The maximum atomic E-state index is 12.3. The molecule has 1 aromatic rings. The largest absolute Gasteiger partial charge is 0.350 e. The van der Waals surface area contributed by atoms with E-state index in [1.54, 1.807) is 24.4 Å². The van der Waals surface area contributed by atoms with Crippen molar-refractivity contribution >= 4 is 11.8 Å². The quantitative estimate of drug-likeness (QED) is 0.575. The summed E-state index contributed by atoms with van der Waals surface area (Å²) >= 11 is 0. The van der Waals surface area contributed by atoms with Gasteiger partial charge in [0.15, 0.2) is 0 Å². The smallest absolute Gasteiger partial charge is 0.269 e. The number of aromatic nitrogens is 1. The highest BCUT2D eigenvalue weighted by Crippen LogP contribution is 2.38. The van der Waals surface area contributed by atoms with E-state index in [4.69, 9.17) is 6.42 Å². The Bertz CT molecular complexity index is 719. The number of amides is 2. The first-order valence-corrected chi connectivity index (χ1v) is 9.50. The van der Waals surface area contributed by atoms with Gasteiger partial charge in [0.05, 0.1) is 6.54 Å². The molecule has 5 heteroatoms. The van der Waals surface area contributed by atoms with Gasteiger partial charge in [-0.1, -0.05) is 37.5 Å². The molecule has 1 aliphatic rings. The van der Waals surface area contributed by atoms with Gasteiger partial charge in [-0.2, -0.15) is 0 Å². The highest BCUT2D eigenvalue weighted by molar-refractivity contribution is 5.92. The molecule has 2 amide bonds. The highest BCUT2D eigenvalue weighted by atomic mass is 16.2. The van der Waals surface area contributed by atoms with Crippen LogP contribution in [0.4, 0.5) is 0 Å². The molecule has 27 heavy (non-hydrogen) atoms. The Morgan fingerprint density at radius 1 is 1.33 bits per heavy atom. The maximum absolute atomic E-state index is 12.3. The second-order valence-electron chi connectivity index (χ2n) is 7.53. The number of nitrogens with one attached hydrogen (secondary N) is 2. The molecule has 0 bridgehead atoms. The molecule has 0 saturated heterocycles. The first-order valence-electron chi connectivity index (χ1n) is 9.50. The Morgan fingerprint density at radius 2 is 2.11 bits per heavy atom. The molecule has 0 aromatic carbocycles. The van der Waals surface area contributed by atoms with Crippen LogP contribution in [0, 0.1) is 36.0 Å². The molecule has 144 valence electrons. The Kier molecular flexibility index (Phi) is 7.60. The fourth-order valence-corrected chi connectivity index (χ4v) is 3.75. The third-order valence-electron chi connectivity index (χ3n) is 5.30. The van der Waals surface area contributed by atoms with Gasteiger partial charge >= 0.3 is 0 Å². The second-order valence-corrected chi connectivity index (χ2v) is 7.53. The molecule has 2 rings (SSSR count). The zero-order chi connectivity index (χ0) is 19.8. The first-order chi connectivity index (χ1) is 12.9. The summed E-state index contributed by atoms with van der Waals surface area (Å²) in [7, 11) is 0. The maximum Gasteiger partial charge on any atom is 0.269 e. The summed E-state index contributed by atoms with van der Waals surface area (Å²) in [4.78, 5) is 28.4. The van der Waals surface area contributed by atoms with E-state index in [-0.39, 0.29) is 30.2 Å². The molecule has 1 aromatic heterocycles. The van der Waals surface area contributed by atoms with E-state index in [1.165, 1.54) is 5.57 Å². The van der Waals surface area contributed by atoms with Crippen LogP contribution in [0.5, 0.6) is 0 Å². The minimum atomic E-state index is -0.153. The molecule has 0 aliphatic heterocycles. The topological polar surface area (TPSA) is 71.1 Å². The Morgan fingerprint density at radius 3 is 2.74 bits per heavy atom. The van der Waals surface area contributed by atoms with Crippen LogP contribution in [0.25, 0.3) is 0 Å². The van der Waals surface area contributed by atoms with Gasteiger partial charge in [0.2, 0.25) is 5.91 Å². The van der Waals surface area contributed by atoms with E-state index < -0.39 is 0 Å². The van der Waals surface area contributed by atoms with Crippen molar-refractivity contribution in [3.63, 3.8) is 0 Å². The van der Waals surface area contributed by atoms with Crippen LogP contribution < -0.4 is 10.6 Å². The summed E-state index contributed by atoms with van der Waals surface area (Å²) in [6, 6.07) is 5.31. The van der Waals surface area contributed by atoms with Crippen molar-refractivity contribution in [3.8, 4) is 12.3 Å². The van der Waals surface area contributed by atoms with E-state index in [9.17, 15) is 9.59 Å². The minimum Gasteiger partial charge on any atom is -0.350 e. The Hall–Kier alpha value is -2.61. The van der Waals surface area contributed by atoms with Gasteiger partial charge in [0, 0.05) is 19.2 Å². The van der Waals surface area contributed by atoms with Gasteiger partial charge in [0.25, 0.3) is 5.91 Å². The number of carbonyl (C=O) groups excluding carboxylic acids is 2. The summed E-state index contributed by atoms with van der Waals surface area (Å²) in [5, 5.41) is 5.76. The van der Waals surface area contributed by atoms with Gasteiger partial charge in [-0.3, -0.25) is 14.6 Å². The third kappa shape index (κ3) is 5.96. The average molecular weight is 367 g/mol. The Balaban J connectivity index is 2.02. The molecular weight excluding hydrogens is 338 g/mol. The van der Waals surface area contributed by atoms with Crippen LogP contribution in [0.15, 0.2) is 36.0 Å². The van der Waals surface area contributed by atoms with Crippen molar-refractivity contribution in [3.05, 3.63) is 41.7 Å². The van der Waals surface area contributed by atoms with Crippen molar-refractivity contribution in [1.82, 2.24) is 15.6 Å². The van der Waals surface area contributed by atoms with E-state index in [1.807, 2.05) is 0 Å². The van der Waals surface area contributed by atoms with Crippen molar-refractivity contribution in [2.75, 3.05) is 13.1 Å². The van der Waals surface area contributed by atoms with Gasteiger partial charge in [0.1, 0.15) is 5.69 Å². The molecule has 2 N–H and O–H groups in total. The number of rotatable bonds is 7. The van der Waals surface area contributed by atoms with Gasteiger partial charge in [-0.05, 0) is 49.1 Å². The number of allylic oxidation sites excluding steroid dienone is 1. The molecule has 0 fully saturated rings. The van der Waals surface area contributed by atoms with Crippen molar-refractivity contribution in [1.29, 1.82) is 0 Å². The summed E-state index contributed by atoms with van der Waals surface area (Å²) < 4.78 is 0. The second kappa shape index (κ2) is 9.91. The van der Waals surface area contributed by atoms with Crippen LogP contribution in [-0.4, -0.2) is 29.9 Å². The molecule has 0 radical (unpaired) electrons. The molecular formula is C22H29N3O2. The number of hydrogen-bond donors (Lipinski definition) is 2. The molecule has 1 heterocycles. The van der Waals surface area contributed by atoms with E-state index >= 15 is 0 Å². The standard InChI is InChI=1S/C22H29N3O2/c1-5-9-24-21(26)13-17-12-19(15(2)3)18(11-16(17)4)14-25-22(27)20-8-6-7-10-23-20/h1,6-8,10-11,15,17-19H,9,12-14H2,2-4H3,(H,24,26)(H,25,27). The zero-order valence-corrected chi connectivity index (χ0v) is 16.4. The average Bonchev–Trinajstić information content (AvgIpc) is 2.66. The first kappa shape index (κ1) is 20.7. The third-order valence-corrected chi connectivity index (χ3v) is 5.30. The summed E-state index contributed by atoms with van der Waals surface area (Å²) in [6.45, 7) is 7.31. The summed E-state index contributed by atoms with van der Waals surface area (Å²) in [5.41, 5.74) is 1.64. The van der Waals surface area contributed by atoms with Gasteiger partial charge < -0.3 is 10.6 Å². The minimum absolute atomic E-state index is 0.00453. The molecule has 0 saturated carbocycles. The molecule has 5 nitrogen and oxygen atoms in total. The molecule has 3 unspecified atom stereocenters. The Labute approximate surface area is 162 Å². The lowest BCUT2D eigenvalue weighted by atomic mass is 9.69. The van der Waals surface area contributed by atoms with Crippen LogP contribution in [0.2, 0.25) is 0 Å². The fourth-order valence-electron chi connectivity index (χ4n) is 3.75. The van der Waals surface area contributed by atoms with Gasteiger partial charge in [-0.25, -0.2) is 0 Å². The van der Waals surface area contributed by atoms with Gasteiger partial charge in [-0.15, -0.1) is 6.42 Å².